The number of nitrogens with zero attached hydrogens (tertiary/aromatic N) is 3. The number of rotatable bonds is 3. The van der Waals surface area contributed by atoms with E-state index < -0.39 is 0 Å². The Labute approximate surface area is 133 Å². The van der Waals surface area contributed by atoms with Crippen LogP contribution >= 0.6 is 0 Å². The van der Waals surface area contributed by atoms with Crippen molar-refractivity contribution < 1.29 is 9.32 Å². The van der Waals surface area contributed by atoms with Crippen LogP contribution in [0.3, 0.4) is 0 Å². The van der Waals surface area contributed by atoms with Crippen LogP contribution in [0.5, 0.6) is 0 Å². The van der Waals surface area contributed by atoms with E-state index in [0.29, 0.717) is 5.69 Å². The summed E-state index contributed by atoms with van der Waals surface area (Å²) < 4.78 is 5.29. The molecule has 0 saturated carbocycles. The summed E-state index contributed by atoms with van der Waals surface area (Å²) in [5.41, 5.74) is 2.53. The molecular formula is C18H17N3O2. The van der Waals surface area contributed by atoms with Crippen LogP contribution in [0.1, 0.15) is 30.1 Å². The molecule has 5 nitrogen and oxygen atoms in total. The number of likely N-dealkylation sites (tertiary alicyclic amines) is 1. The molecule has 1 amide bonds. The third-order valence-electron chi connectivity index (χ3n) is 4.41. The average Bonchev–Trinajstić information content (AvgIpc) is 3.23. The molecule has 1 aliphatic heterocycles. The molecule has 2 aromatic heterocycles. The summed E-state index contributed by atoms with van der Waals surface area (Å²) in [7, 11) is 0. The van der Waals surface area contributed by atoms with E-state index in [9.17, 15) is 4.79 Å². The highest BCUT2D eigenvalue weighted by Gasteiger charge is 2.30. The van der Waals surface area contributed by atoms with E-state index in [1.54, 1.807) is 6.20 Å². The molecule has 3 heterocycles. The van der Waals surface area contributed by atoms with Gasteiger partial charge in [0.2, 0.25) is 5.91 Å². The van der Waals surface area contributed by atoms with E-state index in [4.69, 9.17) is 4.52 Å². The minimum Gasteiger partial charge on any atom is -0.356 e. The van der Waals surface area contributed by atoms with Gasteiger partial charge in [-0.1, -0.05) is 23.4 Å². The zero-order valence-corrected chi connectivity index (χ0v) is 12.7. The van der Waals surface area contributed by atoms with Crippen molar-refractivity contribution in [2.45, 2.75) is 25.3 Å². The third kappa shape index (κ3) is 2.59. The number of amides is 1. The summed E-state index contributed by atoms with van der Waals surface area (Å²) in [5, 5.41) is 4.98. The number of hydrogen-bond acceptors (Lipinski definition) is 4. The van der Waals surface area contributed by atoms with E-state index in [1.165, 1.54) is 0 Å². The van der Waals surface area contributed by atoms with Gasteiger partial charge in [-0.15, -0.1) is 0 Å². The average molecular weight is 307 g/mol. The van der Waals surface area contributed by atoms with E-state index in [0.717, 1.165) is 35.9 Å². The minimum atomic E-state index is 0.0930. The second-order valence-electron chi connectivity index (χ2n) is 5.83. The summed E-state index contributed by atoms with van der Waals surface area (Å²) in [6, 6.07) is 11.7. The van der Waals surface area contributed by atoms with Gasteiger partial charge in [-0.3, -0.25) is 9.78 Å². The lowest BCUT2D eigenvalue weighted by Crippen LogP contribution is -2.32. The van der Waals surface area contributed by atoms with Crippen molar-refractivity contribution >= 4 is 16.9 Å². The largest absolute Gasteiger partial charge is 0.356 e. The molecule has 23 heavy (non-hydrogen) atoms. The number of carbonyl (C=O) groups is 1. The Balaban J connectivity index is 1.56. The molecule has 1 aliphatic rings. The fraction of sp³-hybridized carbons (Fsp3) is 0.278. The first-order chi connectivity index (χ1) is 11.3. The van der Waals surface area contributed by atoms with Crippen molar-refractivity contribution in [3.05, 3.63) is 60.0 Å². The van der Waals surface area contributed by atoms with Crippen LogP contribution < -0.4 is 0 Å². The number of carbonyl (C=O) groups excluding carboxylic acids is 1. The normalized spacial score (nSPS) is 17.7. The van der Waals surface area contributed by atoms with E-state index in [-0.39, 0.29) is 18.4 Å². The van der Waals surface area contributed by atoms with Crippen LogP contribution in [0.4, 0.5) is 0 Å². The Hall–Kier alpha value is -2.69. The van der Waals surface area contributed by atoms with Crippen LogP contribution in [0.25, 0.3) is 11.0 Å². The number of aromatic nitrogens is 2. The Morgan fingerprint density at radius 1 is 1.26 bits per heavy atom. The molecule has 1 fully saturated rings. The molecule has 116 valence electrons. The summed E-state index contributed by atoms with van der Waals surface area (Å²) in [6.45, 7) is 0.786. The molecule has 0 aliphatic carbocycles. The van der Waals surface area contributed by atoms with Gasteiger partial charge in [0.25, 0.3) is 0 Å². The fourth-order valence-electron chi connectivity index (χ4n) is 3.30. The molecule has 1 saturated heterocycles. The summed E-state index contributed by atoms with van der Waals surface area (Å²) >= 11 is 0. The molecule has 3 aromatic rings. The van der Waals surface area contributed by atoms with Crippen molar-refractivity contribution in [1.29, 1.82) is 0 Å². The standard InChI is InChI=1S/C18H17N3O2/c22-18(11-15-14-6-1-2-8-17(14)23-20-15)21-10-4-7-16(21)13-5-3-9-19-12-13/h1-3,5-6,8-9,12,16H,4,7,10-11H2. The van der Waals surface area contributed by atoms with Crippen molar-refractivity contribution in [3.8, 4) is 0 Å². The summed E-state index contributed by atoms with van der Waals surface area (Å²) in [5.74, 6) is 0.0930. The quantitative estimate of drug-likeness (QED) is 0.746. The summed E-state index contributed by atoms with van der Waals surface area (Å²) in [6.07, 6.45) is 5.88. The SMILES string of the molecule is O=C(Cc1noc2ccccc12)N1CCCC1c1cccnc1. The maximum absolute atomic E-state index is 12.8. The first-order valence-corrected chi connectivity index (χ1v) is 7.85. The van der Waals surface area contributed by atoms with Crippen molar-refractivity contribution in [3.63, 3.8) is 0 Å². The summed E-state index contributed by atoms with van der Waals surface area (Å²) in [4.78, 5) is 18.9. The Bertz CT molecular complexity index is 828. The van der Waals surface area contributed by atoms with Gasteiger partial charge in [0.15, 0.2) is 5.58 Å². The van der Waals surface area contributed by atoms with Gasteiger partial charge in [0.05, 0.1) is 12.5 Å². The van der Waals surface area contributed by atoms with E-state index in [2.05, 4.69) is 10.1 Å². The predicted molar refractivity (Wildman–Crippen MR) is 85.6 cm³/mol. The highest BCUT2D eigenvalue weighted by Crippen LogP contribution is 2.32. The van der Waals surface area contributed by atoms with Gasteiger partial charge in [-0.25, -0.2) is 0 Å². The highest BCUT2D eigenvalue weighted by molar-refractivity contribution is 5.86. The maximum Gasteiger partial charge on any atom is 0.229 e. The fourth-order valence-corrected chi connectivity index (χ4v) is 3.30. The molecule has 4 rings (SSSR count). The van der Waals surface area contributed by atoms with Crippen LogP contribution in [-0.2, 0) is 11.2 Å². The van der Waals surface area contributed by atoms with Crippen LogP contribution in [0, 0.1) is 0 Å². The third-order valence-corrected chi connectivity index (χ3v) is 4.41. The van der Waals surface area contributed by atoms with E-state index in [1.807, 2.05) is 47.5 Å². The van der Waals surface area contributed by atoms with Crippen molar-refractivity contribution in [2.24, 2.45) is 0 Å². The van der Waals surface area contributed by atoms with Gasteiger partial charge >= 0.3 is 0 Å². The number of hydrogen-bond donors (Lipinski definition) is 0. The number of para-hydroxylation sites is 1. The predicted octanol–water partition coefficient (Wildman–Crippen LogP) is 3.13. The van der Waals surface area contributed by atoms with Crippen molar-refractivity contribution in [1.82, 2.24) is 15.0 Å². The Morgan fingerprint density at radius 2 is 2.17 bits per heavy atom. The van der Waals surface area contributed by atoms with Gasteiger partial charge in [0.1, 0.15) is 5.69 Å². The number of pyridine rings is 1. The van der Waals surface area contributed by atoms with Gasteiger partial charge in [-0.2, -0.15) is 0 Å². The maximum atomic E-state index is 12.8. The van der Waals surface area contributed by atoms with Gasteiger partial charge in [-0.05, 0) is 36.6 Å². The number of benzene rings is 1. The van der Waals surface area contributed by atoms with Gasteiger partial charge in [0, 0.05) is 24.3 Å². The second kappa shape index (κ2) is 5.83. The molecule has 1 unspecified atom stereocenters. The molecule has 0 radical (unpaired) electrons. The lowest BCUT2D eigenvalue weighted by molar-refractivity contribution is -0.131. The molecule has 0 spiro atoms. The van der Waals surface area contributed by atoms with Crippen LogP contribution in [0.2, 0.25) is 0 Å². The zero-order valence-electron chi connectivity index (χ0n) is 12.7. The van der Waals surface area contributed by atoms with Crippen molar-refractivity contribution in [2.75, 3.05) is 6.54 Å². The molecule has 5 heteroatoms. The first kappa shape index (κ1) is 13.9. The van der Waals surface area contributed by atoms with Crippen LogP contribution in [-0.4, -0.2) is 27.5 Å². The molecule has 0 N–H and O–H groups in total. The zero-order chi connectivity index (χ0) is 15.6. The Kier molecular flexibility index (Phi) is 3.54. The molecular weight excluding hydrogens is 290 g/mol. The first-order valence-electron chi connectivity index (χ1n) is 7.85. The van der Waals surface area contributed by atoms with Crippen LogP contribution in [0.15, 0.2) is 53.3 Å². The minimum absolute atomic E-state index is 0.0930. The molecule has 1 atom stereocenters. The topological polar surface area (TPSA) is 59.2 Å². The lowest BCUT2D eigenvalue weighted by atomic mass is 10.1. The smallest absolute Gasteiger partial charge is 0.229 e. The number of fused-ring (bicyclic) bond motifs is 1. The monoisotopic (exact) mass is 307 g/mol. The van der Waals surface area contributed by atoms with Gasteiger partial charge < -0.3 is 9.42 Å². The second-order valence-corrected chi connectivity index (χ2v) is 5.83. The molecule has 0 bridgehead atoms. The Morgan fingerprint density at radius 3 is 3.04 bits per heavy atom. The van der Waals surface area contributed by atoms with E-state index >= 15 is 0 Å². The highest BCUT2D eigenvalue weighted by atomic mass is 16.5. The lowest BCUT2D eigenvalue weighted by Gasteiger charge is -2.24. The molecule has 1 aromatic carbocycles.